The lowest BCUT2D eigenvalue weighted by Crippen LogP contribution is -2.38. The first-order valence-electron chi connectivity index (χ1n) is 8.56. The number of guanidine groups is 1. The Morgan fingerprint density at radius 3 is 2.58 bits per heavy atom. The summed E-state index contributed by atoms with van der Waals surface area (Å²) >= 11 is 1.03. The number of hydrogen-bond donors (Lipinski definition) is 2. The van der Waals surface area contributed by atoms with Gasteiger partial charge < -0.3 is 10.6 Å². The highest BCUT2D eigenvalue weighted by molar-refractivity contribution is 7.09. The van der Waals surface area contributed by atoms with E-state index in [4.69, 9.17) is 0 Å². The maximum Gasteiger partial charge on any atom is 0.434 e. The van der Waals surface area contributed by atoms with Crippen molar-refractivity contribution in [2.75, 3.05) is 19.6 Å². The van der Waals surface area contributed by atoms with E-state index in [2.05, 4.69) is 32.7 Å². The average Bonchev–Trinajstić information content (AvgIpc) is 3.09. The fourth-order valence-corrected chi connectivity index (χ4v) is 3.11. The zero-order valence-corrected chi connectivity index (χ0v) is 15.5. The van der Waals surface area contributed by atoms with Crippen LogP contribution in [0.15, 0.2) is 40.7 Å². The minimum absolute atomic E-state index is 0.426. The van der Waals surface area contributed by atoms with Gasteiger partial charge in [-0.05, 0) is 25.3 Å². The summed E-state index contributed by atoms with van der Waals surface area (Å²) in [5, 5.41) is 7.80. The zero-order chi connectivity index (χ0) is 18.8. The summed E-state index contributed by atoms with van der Waals surface area (Å²) in [6.45, 7) is 3.85. The summed E-state index contributed by atoms with van der Waals surface area (Å²) in [7, 11) is 0. The second-order valence-electron chi connectivity index (χ2n) is 5.65. The first kappa shape index (κ1) is 20.2. The summed E-state index contributed by atoms with van der Waals surface area (Å²) in [4.78, 5) is 8.13. The third kappa shape index (κ3) is 7.03. The van der Waals surface area contributed by atoms with Crippen LogP contribution in [0, 0.1) is 0 Å². The topological polar surface area (TPSA) is 49.3 Å². The summed E-state index contributed by atoms with van der Waals surface area (Å²) in [6, 6.07) is 10.2. The molecule has 0 aliphatic heterocycles. The summed E-state index contributed by atoms with van der Waals surface area (Å²) in [6.07, 6.45) is -2.06. The molecule has 0 saturated carbocycles. The van der Waals surface area contributed by atoms with Crippen LogP contribution in [-0.2, 0) is 19.0 Å². The van der Waals surface area contributed by atoms with E-state index in [0.29, 0.717) is 30.5 Å². The molecule has 2 aromatic rings. The van der Waals surface area contributed by atoms with Crippen LogP contribution < -0.4 is 10.6 Å². The summed E-state index contributed by atoms with van der Waals surface area (Å²) in [5.41, 5.74) is 0.462. The normalized spacial score (nSPS) is 12.2. The monoisotopic (exact) mass is 384 g/mol. The van der Waals surface area contributed by atoms with Crippen molar-refractivity contribution in [2.45, 2.75) is 32.4 Å². The molecule has 0 radical (unpaired) electrons. The molecule has 1 heterocycles. The van der Waals surface area contributed by atoms with E-state index >= 15 is 0 Å². The van der Waals surface area contributed by atoms with Gasteiger partial charge in [-0.2, -0.15) is 13.2 Å². The van der Waals surface area contributed by atoms with Crippen LogP contribution >= 0.6 is 11.3 Å². The number of aliphatic imine (C=N–C) groups is 1. The Balaban J connectivity index is 1.75. The Morgan fingerprint density at radius 1 is 1.15 bits per heavy atom. The van der Waals surface area contributed by atoms with E-state index in [-0.39, 0.29) is 0 Å². The molecule has 1 aromatic heterocycles. The van der Waals surface area contributed by atoms with Crippen molar-refractivity contribution in [3.8, 4) is 0 Å². The van der Waals surface area contributed by atoms with Crippen molar-refractivity contribution >= 4 is 17.3 Å². The van der Waals surface area contributed by atoms with Crippen LogP contribution in [0.4, 0.5) is 13.2 Å². The molecular weight excluding hydrogens is 361 g/mol. The number of aryl methyl sites for hydroxylation is 1. The van der Waals surface area contributed by atoms with Gasteiger partial charge >= 0.3 is 6.18 Å². The molecule has 0 bridgehead atoms. The minimum Gasteiger partial charge on any atom is -0.357 e. The number of aromatic nitrogens is 1. The van der Waals surface area contributed by atoms with E-state index < -0.39 is 11.9 Å². The van der Waals surface area contributed by atoms with Gasteiger partial charge in [-0.25, -0.2) is 4.98 Å². The van der Waals surface area contributed by atoms with Gasteiger partial charge in [-0.1, -0.05) is 30.3 Å². The lowest BCUT2D eigenvalue weighted by Gasteiger charge is -2.10. The smallest absolute Gasteiger partial charge is 0.357 e. The third-order valence-electron chi connectivity index (χ3n) is 3.55. The van der Waals surface area contributed by atoms with Crippen molar-refractivity contribution in [1.82, 2.24) is 15.6 Å². The van der Waals surface area contributed by atoms with Crippen LogP contribution in [0.1, 0.15) is 29.6 Å². The largest absolute Gasteiger partial charge is 0.434 e. The molecule has 2 rings (SSSR count). The highest BCUT2D eigenvalue weighted by Crippen LogP contribution is 2.29. The fraction of sp³-hybridized carbons (Fsp3) is 0.444. The Kier molecular flexibility index (Phi) is 7.90. The maximum atomic E-state index is 12.5. The lowest BCUT2D eigenvalue weighted by molar-refractivity contribution is -0.140. The maximum absolute atomic E-state index is 12.5. The molecule has 0 saturated heterocycles. The number of hydrogen-bond acceptors (Lipinski definition) is 3. The molecule has 8 heteroatoms. The number of rotatable bonds is 8. The van der Waals surface area contributed by atoms with Crippen molar-refractivity contribution < 1.29 is 13.2 Å². The van der Waals surface area contributed by atoms with Crippen molar-refractivity contribution in [1.29, 1.82) is 0 Å². The van der Waals surface area contributed by atoms with Crippen LogP contribution in [0.25, 0.3) is 0 Å². The molecule has 0 amide bonds. The van der Waals surface area contributed by atoms with Crippen molar-refractivity contribution in [3.63, 3.8) is 0 Å². The van der Waals surface area contributed by atoms with E-state index in [1.807, 2.05) is 25.1 Å². The van der Waals surface area contributed by atoms with E-state index in [1.165, 1.54) is 5.56 Å². The molecule has 0 unspecified atom stereocenters. The van der Waals surface area contributed by atoms with E-state index in [9.17, 15) is 13.2 Å². The summed E-state index contributed by atoms with van der Waals surface area (Å²) < 4.78 is 37.6. The first-order valence-corrected chi connectivity index (χ1v) is 9.44. The predicted molar refractivity (Wildman–Crippen MR) is 99.6 cm³/mol. The number of thiazole rings is 1. The second kappa shape index (κ2) is 10.2. The zero-order valence-electron chi connectivity index (χ0n) is 14.6. The fourth-order valence-electron chi connectivity index (χ4n) is 2.30. The molecule has 0 fully saturated rings. The Morgan fingerprint density at radius 2 is 1.92 bits per heavy atom. The SMILES string of the molecule is CCNC(=NCCCc1ccccc1)NCCc1nc(C(F)(F)F)cs1. The third-order valence-corrected chi connectivity index (χ3v) is 4.46. The van der Waals surface area contributed by atoms with Gasteiger partial charge in [0.05, 0.1) is 5.01 Å². The van der Waals surface area contributed by atoms with Gasteiger partial charge in [0.15, 0.2) is 11.7 Å². The molecule has 2 N–H and O–H groups in total. The quantitative estimate of drug-likeness (QED) is 0.412. The van der Waals surface area contributed by atoms with Crippen molar-refractivity contribution in [3.05, 3.63) is 52.0 Å². The van der Waals surface area contributed by atoms with Gasteiger partial charge in [0.1, 0.15) is 0 Å². The van der Waals surface area contributed by atoms with Crippen LogP contribution in [-0.4, -0.2) is 30.6 Å². The molecule has 1 aromatic carbocycles. The van der Waals surface area contributed by atoms with Gasteiger partial charge in [0.2, 0.25) is 0 Å². The Bertz CT molecular complexity index is 683. The number of halogens is 3. The molecular formula is C18H23F3N4S. The Labute approximate surface area is 155 Å². The molecule has 0 spiro atoms. The number of nitrogens with one attached hydrogen (secondary N) is 2. The molecule has 26 heavy (non-hydrogen) atoms. The van der Waals surface area contributed by atoms with E-state index in [0.717, 1.165) is 36.1 Å². The number of nitrogens with zero attached hydrogens (tertiary/aromatic N) is 2. The average molecular weight is 384 g/mol. The van der Waals surface area contributed by atoms with E-state index in [1.54, 1.807) is 0 Å². The van der Waals surface area contributed by atoms with Crippen molar-refractivity contribution in [2.24, 2.45) is 4.99 Å². The van der Waals surface area contributed by atoms with Gasteiger partial charge in [0, 0.05) is 31.4 Å². The predicted octanol–water partition coefficient (Wildman–Crippen LogP) is 3.89. The number of alkyl halides is 3. The number of benzene rings is 1. The first-order chi connectivity index (χ1) is 12.5. The highest BCUT2D eigenvalue weighted by Gasteiger charge is 2.33. The van der Waals surface area contributed by atoms with Crippen LogP contribution in [0.5, 0.6) is 0 Å². The standard InChI is InChI=1S/C18H23F3N4S/c1-2-22-17(23-11-6-9-14-7-4-3-5-8-14)24-12-10-16-25-15(13-26-16)18(19,20)21/h3-5,7-8,13H,2,6,9-12H2,1H3,(H2,22,23,24). The molecule has 0 aliphatic rings. The van der Waals surface area contributed by atoms with Gasteiger partial charge in [-0.15, -0.1) is 11.3 Å². The van der Waals surface area contributed by atoms with Gasteiger partial charge in [-0.3, -0.25) is 4.99 Å². The molecule has 0 aliphatic carbocycles. The second-order valence-corrected chi connectivity index (χ2v) is 6.59. The Hall–Kier alpha value is -2.09. The van der Waals surface area contributed by atoms with Crippen LogP contribution in [0.3, 0.4) is 0 Å². The molecule has 4 nitrogen and oxygen atoms in total. The lowest BCUT2D eigenvalue weighted by atomic mass is 10.1. The highest BCUT2D eigenvalue weighted by atomic mass is 32.1. The molecule has 0 atom stereocenters. The minimum atomic E-state index is -4.38. The molecule has 142 valence electrons. The van der Waals surface area contributed by atoms with Gasteiger partial charge in [0.25, 0.3) is 0 Å². The summed E-state index contributed by atoms with van der Waals surface area (Å²) in [5.74, 6) is 0.674. The van der Waals surface area contributed by atoms with Crippen LogP contribution in [0.2, 0.25) is 0 Å².